The van der Waals surface area contributed by atoms with Gasteiger partial charge in [-0.3, -0.25) is 9.59 Å². The average Bonchev–Trinajstić information content (AvgIpc) is 2.83. The number of nitrogens with one attached hydrogen (secondary N) is 1. The summed E-state index contributed by atoms with van der Waals surface area (Å²) in [5, 5.41) is 6.45. The average molecular weight is 277 g/mol. The van der Waals surface area contributed by atoms with E-state index in [9.17, 15) is 9.59 Å². The number of rotatable bonds is 3. The standard InChI is InChI=1S/C13H11NO2S2/c1-9(15)11(13-17-7-8-18-13)12(16)14-10-5-3-2-4-6-10/h2-8H,1H3,(H,14,16). The van der Waals surface area contributed by atoms with E-state index in [1.807, 2.05) is 29.0 Å². The van der Waals surface area contributed by atoms with E-state index in [0.717, 1.165) is 4.24 Å². The van der Waals surface area contributed by atoms with Gasteiger partial charge in [-0.2, -0.15) is 0 Å². The molecule has 2 rings (SSSR count). The van der Waals surface area contributed by atoms with Crippen molar-refractivity contribution in [2.75, 3.05) is 5.32 Å². The molecule has 0 radical (unpaired) electrons. The zero-order chi connectivity index (χ0) is 13.0. The maximum atomic E-state index is 12.1. The number of carbonyl (C=O) groups is 2. The molecule has 92 valence electrons. The fourth-order valence-electron chi connectivity index (χ4n) is 1.44. The van der Waals surface area contributed by atoms with Gasteiger partial charge in [-0.1, -0.05) is 41.7 Å². The molecule has 3 nitrogen and oxygen atoms in total. The summed E-state index contributed by atoms with van der Waals surface area (Å²) in [6, 6.07) is 9.10. The second-order valence-electron chi connectivity index (χ2n) is 3.55. The van der Waals surface area contributed by atoms with Gasteiger partial charge in [-0.25, -0.2) is 0 Å². The quantitative estimate of drug-likeness (QED) is 0.522. The summed E-state index contributed by atoms with van der Waals surface area (Å²) in [5.74, 6) is -0.575. The van der Waals surface area contributed by atoms with E-state index in [-0.39, 0.29) is 17.3 Å². The smallest absolute Gasteiger partial charge is 0.260 e. The van der Waals surface area contributed by atoms with Crippen LogP contribution in [0, 0.1) is 0 Å². The highest BCUT2D eigenvalue weighted by Crippen LogP contribution is 2.40. The number of hydrogen-bond donors (Lipinski definition) is 1. The van der Waals surface area contributed by atoms with Crippen LogP contribution in [0.4, 0.5) is 5.69 Å². The molecule has 18 heavy (non-hydrogen) atoms. The maximum Gasteiger partial charge on any atom is 0.260 e. The number of thioether (sulfide) groups is 2. The van der Waals surface area contributed by atoms with Gasteiger partial charge in [0.25, 0.3) is 5.91 Å². The van der Waals surface area contributed by atoms with Crippen molar-refractivity contribution in [3.63, 3.8) is 0 Å². The molecule has 0 spiro atoms. The van der Waals surface area contributed by atoms with Crippen LogP contribution < -0.4 is 5.32 Å². The van der Waals surface area contributed by atoms with E-state index >= 15 is 0 Å². The van der Waals surface area contributed by atoms with E-state index in [1.165, 1.54) is 30.4 Å². The Labute approximate surface area is 114 Å². The number of carbonyl (C=O) groups excluding carboxylic acids is 2. The Morgan fingerprint density at radius 3 is 2.22 bits per heavy atom. The van der Waals surface area contributed by atoms with E-state index in [4.69, 9.17) is 0 Å². The van der Waals surface area contributed by atoms with E-state index in [2.05, 4.69) is 5.32 Å². The first-order valence-electron chi connectivity index (χ1n) is 5.28. The summed E-state index contributed by atoms with van der Waals surface area (Å²) in [7, 11) is 0. The third-order valence-electron chi connectivity index (χ3n) is 2.22. The number of hydrogen-bond acceptors (Lipinski definition) is 4. The third-order valence-corrected chi connectivity index (χ3v) is 4.35. The highest BCUT2D eigenvalue weighted by atomic mass is 32.2. The number of Topliss-reactive ketones (excluding diaryl/α,β-unsaturated/α-hetero) is 1. The lowest BCUT2D eigenvalue weighted by Crippen LogP contribution is -2.19. The monoisotopic (exact) mass is 277 g/mol. The van der Waals surface area contributed by atoms with Crippen molar-refractivity contribution in [2.24, 2.45) is 0 Å². The first-order valence-corrected chi connectivity index (χ1v) is 7.04. The molecule has 0 aromatic heterocycles. The van der Waals surface area contributed by atoms with Crippen LogP contribution in [0.15, 0.2) is 51.0 Å². The molecule has 1 amide bonds. The molecule has 0 bridgehead atoms. The van der Waals surface area contributed by atoms with Gasteiger partial charge in [0, 0.05) is 5.69 Å². The Balaban J connectivity index is 2.20. The predicted octanol–water partition coefficient (Wildman–Crippen LogP) is 3.38. The minimum atomic E-state index is -0.354. The van der Waals surface area contributed by atoms with Crippen molar-refractivity contribution in [3.05, 3.63) is 51.0 Å². The summed E-state index contributed by atoms with van der Waals surface area (Å²) in [4.78, 5) is 23.7. The zero-order valence-electron chi connectivity index (χ0n) is 9.67. The van der Waals surface area contributed by atoms with Crippen molar-refractivity contribution in [1.29, 1.82) is 0 Å². The summed E-state index contributed by atoms with van der Waals surface area (Å²) in [6.45, 7) is 1.41. The number of benzene rings is 1. The van der Waals surface area contributed by atoms with Crippen molar-refractivity contribution in [1.82, 2.24) is 0 Å². The van der Waals surface area contributed by atoms with Gasteiger partial charge >= 0.3 is 0 Å². The topological polar surface area (TPSA) is 46.2 Å². The number of ketones is 1. The normalized spacial score (nSPS) is 13.5. The molecule has 0 saturated heterocycles. The van der Waals surface area contributed by atoms with Crippen LogP contribution in [-0.2, 0) is 9.59 Å². The second-order valence-corrected chi connectivity index (χ2v) is 5.64. The first kappa shape index (κ1) is 13.0. The Kier molecular flexibility index (Phi) is 4.28. The van der Waals surface area contributed by atoms with E-state index in [0.29, 0.717) is 5.69 Å². The van der Waals surface area contributed by atoms with Gasteiger partial charge in [0.2, 0.25) is 0 Å². The van der Waals surface area contributed by atoms with Crippen molar-refractivity contribution in [2.45, 2.75) is 6.92 Å². The molecular formula is C13H11NO2S2. The lowest BCUT2D eigenvalue weighted by Gasteiger charge is -2.08. The molecule has 1 aromatic carbocycles. The number of para-hydroxylation sites is 1. The minimum Gasteiger partial charge on any atom is -0.322 e. The van der Waals surface area contributed by atoms with Crippen LogP contribution in [0.3, 0.4) is 0 Å². The fourth-order valence-corrected chi connectivity index (χ4v) is 3.39. The predicted molar refractivity (Wildman–Crippen MR) is 77.1 cm³/mol. The Bertz CT molecular complexity index is 525. The SMILES string of the molecule is CC(=O)C(C(=O)Nc1ccccc1)=C1SC=CS1. The van der Waals surface area contributed by atoms with Gasteiger partial charge in [-0.15, -0.1) is 0 Å². The van der Waals surface area contributed by atoms with Crippen LogP contribution in [0.5, 0.6) is 0 Å². The lowest BCUT2D eigenvalue weighted by atomic mass is 10.2. The first-order chi connectivity index (χ1) is 8.68. The molecule has 0 aliphatic carbocycles. The number of amides is 1. The molecule has 1 aromatic rings. The summed E-state index contributed by atoms with van der Waals surface area (Å²) < 4.78 is 0.732. The Morgan fingerprint density at radius 1 is 1.06 bits per heavy atom. The molecular weight excluding hydrogens is 266 g/mol. The number of anilines is 1. The van der Waals surface area contributed by atoms with Gasteiger partial charge in [0.05, 0.1) is 4.24 Å². The Morgan fingerprint density at radius 2 is 1.67 bits per heavy atom. The molecule has 0 fully saturated rings. The highest BCUT2D eigenvalue weighted by Gasteiger charge is 2.21. The third kappa shape index (κ3) is 3.05. The van der Waals surface area contributed by atoms with Gasteiger partial charge in [-0.05, 0) is 29.9 Å². The van der Waals surface area contributed by atoms with Crippen molar-refractivity contribution in [3.8, 4) is 0 Å². The van der Waals surface area contributed by atoms with E-state index < -0.39 is 0 Å². The van der Waals surface area contributed by atoms with Crippen molar-refractivity contribution >= 4 is 40.9 Å². The molecule has 1 N–H and O–H groups in total. The van der Waals surface area contributed by atoms with Crippen molar-refractivity contribution < 1.29 is 9.59 Å². The summed E-state index contributed by atoms with van der Waals surface area (Å²) in [5.41, 5.74) is 0.904. The van der Waals surface area contributed by atoms with E-state index in [1.54, 1.807) is 12.1 Å². The van der Waals surface area contributed by atoms with Crippen LogP contribution in [0.1, 0.15) is 6.92 Å². The molecule has 1 aliphatic rings. The molecule has 0 saturated carbocycles. The second kappa shape index (κ2) is 5.93. The van der Waals surface area contributed by atoms with Gasteiger partial charge < -0.3 is 5.32 Å². The van der Waals surface area contributed by atoms with Crippen LogP contribution >= 0.6 is 23.5 Å². The van der Waals surface area contributed by atoms with Gasteiger partial charge in [0.15, 0.2) is 5.78 Å². The summed E-state index contributed by atoms with van der Waals surface area (Å²) in [6.07, 6.45) is 0. The maximum absolute atomic E-state index is 12.1. The largest absolute Gasteiger partial charge is 0.322 e. The zero-order valence-corrected chi connectivity index (χ0v) is 11.3. The van der Waals surface area contributed by atoms with Gasteiger partial charge in [0.1, 0.15) is 5.57 Å². The molecule has 5 heteroatoms. The molecule has 1 aliphatic heterocycles. The van der Waals surface area contributed by atoms with Crippen LogP contribution in [-0.4, -0.2) is 11.7 Å². The van der Waals surface area contributed by atoms with Crippen LogP contribution in [0.25, 0.3) is 0 Å². The molecule has 1 heterocycles. The van der Waals surface area contributed by atoms with Crippen LogP contribution in [0.2, 0.25) is 0 Å². The highest BCUT2D eigenvalue weighted by molar-refractivity contribution is 8.27. The fraction of sp³-hybridized carbons (Fsp3) is 0.0769. The minimum absolute atomic E-state index is 0.220. The lowest BCUT2D eigenvalue weighted by molar-refractivity contribution is -0.118. The molecule has 0 unspecified atom stereocenters. The molecule has 0 atom stereocenters. The summed E-state index contributed by atoms with van der Waals surface area (Å²) >= 11 is 2.80. The Hall–Kier alpha value is -1.46.